The molecule has 0 saturated carbocycles. The number of carbonyl (C=O) groups excluding carboxylic acids is 2. The van der Waals surface area contributed by atoms with Gasteiger partial charge in [-0.15, -0.1) is 0 Å². The third-order valence-corrected chi connectivity index (χ3v) is 6.36. The summed E-state index contributed by atoms with van der Waals surface area (Å²) in [6.45, 7) is 9.23. The molecule has 0 bridgehead atoms. The van der Waals surface area contributed by atoms with E-state index in [2.05, 4.69) is 15.9 Å². The average Bonchev–Trinajstić information content (AvgIpc) is 3.05. The van der Waals surface area contributed by atoms with Gasteiger partial charge in [0.15, 0.2) is 0 Å². The van der Waals surface area contributed by atoms with E-state index in [9.17, 15) is 9.59 Å². The van der Waals surface area contributed by atoms with Crippen LogP contribution in [0.5, 0.6) is 0 Å². The predicted octanol–water partition coefficient (Wildman–Crippen LogP) is 2.46. The molecule has 1 aromatic carbocycles. The number of benzene rings is 1. The summed E-state index contributed by atoms with van der Waals surface area (Å²) in [6, 6.07) is 8.12. The van der Waals surface area contributed by atoms with Crippen LogP contribution < -0.4 is 4.90 Å². The fraction of sp³-hybridized carbons (Fsp3) is 0.583. The highest BCUT2D eigenvalue weighted by atomic mass is 16.5. The third-order valence-electron chi connectivity index (χ3n) is 6.36. The smallest absolute Gasteiger partial charge is 0.310 e. The maximum Gasteiger partial charge on any atom is 0.310 e. The van der Waals surface area contributed by atoms with E-state index in [4.69, 9.17) is 14.7 Å². The number of amides is 1. The van der Waals surface area contributed by atoms with Crippen molar-refractivity contribution >= 4 is 28.6 Å². The second kappa shape index (κ2) is 10.3. The zero-order chi connectivity index (χ0) is 22.5. The Morgan fingerprint density at radius 2 is 1.91 bits per heavy atom. The number of fused-ring (bicyclic) bond motifs is 1. The first-order valence-corrected chi connectivity index (χ1v) is 11.7. The standard InChI is InChI=1S/C24H33N5O3/c1-3-32-24(31)19-8-6-11-27(16-19)17-22-25-21-10-5-4-9-20(21)23(26-22)29-13-7-12-28(14-15-29)18(2)30/h4-5,9-10,19H,3,6-8,11-17H2,1-2H3/t19-/m0/s1. The summed E-state index contributed by atoms with van der Waals surface area (Å²) >= 11 is 0. The van der Waals surface area contributed by atoms with Gasteiger partial charge in [-0.3, -0.25) is 14.5 Å². The fourth-order valence-corrected chi connectivity index (χ4v) is 4.71. The van der Waals surface area contributed by atoms with Gasteiger partial charge in [-0.25, -0.2) is 9.97 Å². The van der Waals surface area contributed by atoms with Gasteiger partial charge in [0.1, 0.15) is 11.6 Å². The molecule has 0 radical (unpaired) electrons. The minimum absolute atomic E-state index is 0.0770. The van der Waals surface area contributed by atoms with Crippen molar-refractivity contribution in [3.8, 4) is 0 Å². The maximum absolute atomic E-state index is 12.2. The molecule has 8 heteroatoms. The van der Waals surface area contributed by atoms with Crippen molar-refractivity contribution in [1.29, 1.82) is 0 Å². The highest BCUT2D eigenvalue weighted by Gasteiger charge is 2.28. The molecule has 1 amide bonds. The van der Waals surface area contributed by atoms with E-state index in [-0.39, 0.29) is 17.8 Å². The van der Waals surface area contributed by atoms with Crippen molar-refractivity contribution in [3.63, 3.8) is 0 Å². The lowest BCUT2D eigenvalue weighted by atomic mass is 9.98. The van der Waals surface area contributed by atoms with Gasteiger partial charge in [-0.05, 0) is 44.9 Å². The Morgan fingerprint density at radius 3 is 2.72 bits per heavy atom. The predicted molar refractivity (Wildman–Crippen MR) is 123 cm³/mol. The Morgan fingerprint density at radius 1 is 1.06 bits per heavy atom. The number of ether oxygens (including phenoxy) is 1. The lowest BCUT2D eigenvalue weighted by Gasteiger charge is -2.31. The number of anilines is 1. The second-order valence-electron chi connectivity index (χ2n) is 8.65. The summed E-state index contributed by atoms with van der Waals surface area (Å²) in [5.74, 6) is 1.66. The van der Waals surface area contributed by atoms with Crippen LogP contribution in [0.25, 0.3) is 10.9 Å². The molecular weight excluding hydrogens is 406 g/mol. The van der Waals surface area contributed by atoms with Crippen LogP contribution in [0.2, 0.25) is 0 Å². The molecule has 32 heavy (non-hydrogen) atoms. The molecule has 0 aliphatic carbocycles. The first kappa shape index (κ1) is 22.5. The van der Waals surface area contributed by atoms with Crippen molar-refractivity contribution in [2.45, 2.75) is 39.7 Å². The Balaban J connectivity index is 1.56. The third kappa shape index (κ3) is 5.18. The van der Waals surface area contributed by atoms with Crippen molar-refractivity contribution < 1.29 is 14.3 Å². The Hall–Kier alpha value is -2.74. The second-order valence-corrected chi connectivity index (χ2v) is 8.65. The number of aromatic nitrogens is 2. The largest absolute Gasteiger partial charge is 0.466 e. The Labute approximate surface area is 189 Å². The molecule has 2 aliphatic rings. The molecule has 2 saturated heterocycles. The van der Waals surface area contributed by atoms with Crippen molar-refractivity contribution in [2.75, 3.05) is 50.8 Å². The van der Waals surface area contributed by atoms with Crippen LogP contribution >= 0.6 is 0 Å². The summed E-state index contributed by atoms with van der Waals surface area (Å²) in [4.78, 5) is 40.4. The summed E-state index contributed by atoms with van der Waals surface area (Å²) in [5.41, 5.74) is 0.930. The minimum atomic E-state index is -0.100. The van der Waals surface area contributed by atoms with Gasteiger partial charge in [-0.2, -0.15) is 0 Å². The number of para-hydroxylation sites is 1. The molecule has 2 fully saturated rings. The number of esters is 1. The van der Waals surface area contributed by atoms with Crippen LogP contribution in [-0.4, -0.2) is 77.5 Å². The molecule has 2 aromatic rings. The molecule has 2 aliphatic heterocycles. The molecule has 3 heterocycles. The fourth-order valence-electron chi connectivity index (χ4n) is 4.71. The molecule has 1 aromatic heterocycles. The van der Waals surface area contributed by atoms with Gasteiger partial charge >= 0.3 is 5.97 Å². The zero-order valence-electron chi connectivity index (χ0n) is 19.1. The van der Waals surface area contributed by atoms with Crippen LogP contribution in [0.3, 0.4) is 0 Å². The van der Waals surface area contributed by atoms with E-state index in [1.165, 1.54) is 0 Å². The highest BCUT2D eigenvalue weighted by molar-refractivity contribution is 5.89. The molecule has 0 unspecified atom stereocenters. The van der Waals surface area contributed by atoms with Crippen molar-refractivity contribution in [3.05, 3.63) is 30.1 Å². The summed E-state index contributed by atoms with van der Waals surface area (Å²) in [5, 5.41) is 1.04. The van der Waals surface area contributed by atoms with Crippen LogP contribution in [0.4, 0.5) is 5.82 Å². The van der Waals surface area contributed by atoms with E-state index in [1.54, 1.807) is 6.92 Å². The monoisotopic (exact) mass is 439 g/mol. The van der Waals surface area contributed by atoms with Crippen LogP contribution in [0.15, 0.2) is 24.3 Å². The van der Waals surface area contributed by atoms with Gasteiger partial charge in [0.2, 0.25) is 5.91 Å². The van der Waals surface area contributed by atoms with Crippen LogP contribution in [-0.2, 0) is 20.9 Å². The SMILES string of the molecule is CCOC(=O)[C@H]1CCCN(Cc2nc(N3CCCN(C(C)=O)CC3)c3ccccc3n2)C1. The van der Waals surface area contributed by atoms with E-state index < -0.39 is 0 Å². The first-order valence-electron chi connectivity index (χ1n) is 11.7. The number of hydrogen-bond acceptors (Lipinski definition) is 7. The first-order chi connectivity index (χ1) is 15.5. The summed E-state index contributed by atoms with van der Waals surface area (Å²) in [7, 11) is 0. The number of likely N-dealkylation sites (tertiary alicyclic amines) is 1. The molecule has 8 nitrogen and oxygen atoms in total. The van der Waals surface area contributed by atoms with Crippen LogP contribution in [0, 0.1) is 5.92 Å². The van der Waals surface area contributed by atoms with Gasteiger partial charge < -0.3 is 14.5 Å². The van der Waals surface area contributed by atoms with E-state index in [0.29, 0.717) is 26.2 Å². The van der Waals surface area contributed by atoms with E-state index in [1.807, 2.05) is 30.0 Å². The Kier molecular flexibility index (Phi) is 7.19. The quantitative estimate of drug-likeness (QED) is 0.662. The number of piperidine rings is 1. The van der Waals surface area contributed by atoms with E-state index >= 15 is 0 Å². The molecule has 172 valence electrons. The average molecular weight is 440 g/mol. The lowest BCUT2D eigenvalue weighted by molar-refractivity contribution is -0.150. The van der Waals surface area contributed by atoms with Gasteiger partial charge in [-0.1, -0.05) is 12.1 Å². The molecule has 1 atom stereocenters. The highest BCUT2D eigenvalue weighted by Crippen LogP contribution is 2.26. The zero-order valence-corrected chi connectivity index (χ0v) is 19.1. The summed E-state index contributed by atoms with van der Waals surface area (Å²) < 4.78 is 5.24. The van der Waals surface area contributed by atoms with Crippen LogP contribution in [0.1, 0.15) is 38.9 Å². The molecule has 4 rings (SSSR count). The van der Waals surface area contributed by atoms with Gasteiger partial charge in [0.25, 0.3) is 0 Å². The van der Waals surface area contributed by atoms with Crippen molar-refractivity contribution in [1.82, 2.24) is 19.8 Å². The maximum atomic E-state index is 12.2. The van der Waals surface area contributed by atoms with Gasteiger partial charge in [0.05, 0.1) is 24.6 Å². The number of nitrogens with zero attached hydrogens (tertiary/aromatic N) is 5. The van der Waals surface area contributed by atoms with Gasteiger partial charge in [0, 0.05) is 45.0 Å². The molecule has 0 spiro atoms. The molecular formula is C24H33N5O3. The number of carbonyl (C=O) groups is 2. The van der Waals surface area contributed by atoms with Crippen molar-refractivity contribution in [2.24, 2.45) is 5.92 Å². The Bertz CT molecular complexity index is 966. The number of hydrogen-bond donors (Lipinski definition) is 0. The topological polar surface area (TPSA) is 78.9 Å². The molecule has 0 N–H and O–H groups in total. The normalized spacial score (nSPS) is 20.2. The number of rotatable bonds is 5. The summed E-state index contributed by atoms with van der Waals surface area (Å²) in [6.07, 6.45) is 2.76. The lowest BCUT2D eigenvalue weighted by Crippen LogP contribution is -2.39. The van der Waals surface area contributed by atoms with E-state index in [0.717, 1.165) is 68.0 Å². The minimum Gasteiger partial charge on any atom is -0.466 e.